The van der Waals surface area contributed by atoms with E-state index < -0.39 is 5.54 Å². The Labute approximate surface area is 118 Å². The lowest BCUT2D eigenvalue weighted by Crippen LogP contribution is -2.53. The maximum atomic E-state index is 11.9. The smallest absolute Gasteiger partial charge is 0.325 e. The molecular weight excluding hydrogens is 240 g/mol. The largest absolute Gasteiger partial charge is 0.468 e. The van der Waals surface area contributed by atoms with Gasteiger partial charge in [0, 0.05) is 12.6 Å². The molecule has 0 aromatic heterocycles. The number of hydrogen-bond donors (Lipinski definition) is 1. The molecule has 0 bridgehead atoms. The number of esters is 1. The Bertz CT molecular complexity index is 271. The maximum Gasteiger partial charge on any atom is 0.325 e. The lowest BCUT2D eigenvalue weighted by atomic mass is 9.92. The molecule has 19 heavy (non-hydrogen) atoms. The number of nitrogens with one attached hydrogen (secondary N) is 1. The molecule has 0 aliphatic heterocycles. The van der Waals surface area contributed by atoms with Crippen molar-refractivity contribution in [2.45, 2.75) is 59.0 Å². The predicted octanol–water partition coefficient (Wildman–Crippen LogP) is 2.28. The van der Waals surface area contributed by atoms with Crippen LogP contribution in [0.2, 0.25) is 0 Å². The van der Waals surface area contributed by atoms with E-state index in [1.165, 1.54) is 13.5 Å². The minimum Gasteiger partial charge on any atom is -0.468 e. The molecule has 0 saturated carbocycles. The molecule has 4 heteroatoms. The molecule has 3 unspecified atom stereocenters. The van der Waals surface area contributed by atoms with Gasteiger partial charge in [0.1, 0.15) is 5.54 Å². The van der Waals surface area contributed by atoms with Crippen molar-refractivity contribution in [3.8, 4) is 0 Å². The molecule has 0 aromatic rings. The summed E-state index contributed by atoms with van der Waals surface area (Å²) in [5.74, 6) is 0.489. The quantitative estimate of drug-likeness (QED) is 0.654. The summed E-state index contributed by atoms with van der Waals surface area (Å²) < 4.78 is 4.90. The van der Waals surface area contributed by atoms with Crippen molar-refractivity contribution in [2.75, 3.05) is 27.2 Å². The second-order valence-corrected chi connectivity index (χ2v) is 5.73. The zero-order chi connectivity index (χ0) is 15.1. The van der Waals surface area contributed by atoms with Crippen molar-refractivity contribution >= 4 is 5.97 Å². The van der Waals surface area contributed by atoms with Gasteiger partial charge in [0.15, 0.2) is 0 Å². The van der Waals surface area contributed by atoms with Crippen LogP contribution in [0.4, 0.5) is 0 Å². The van der Waals surface area contributed by atoms with Gasteiger partial charge in [0.2, 0.25) is 0 Å². The summed E-state index contributed by atoms with van der Waals surface area (Å²) in [4.78, 5) is 14.3. The Morgan fingerprint density at radius 1 is 1.37 bits per heavy atom. The van der Waals surface area contributed by atoms with E-state index in [2.05, 4.69) is 37.9 Å². The van der Waals surface area contributed by atoms with E-state index in [4.69, 9.17) is 4.74 Å². The minimum absolute atomic E-state index is 0.193. The van der Waals surface area contributed by atoms with E-state index in [-0.39, 0.29) is 5.97 Å². The summed E-state index contributed by atoms with van der Waals surface area (Å²) in [5, 5.41) is 3.11. The van der Waals surface area contributed by atoms with Crippen LogP contribution in [0.25, 0.3) is 0 Å². The molecule has 0 rings (SSSR count). The lowest BCUT2D eigenvalue weighted by molar-refractivity contribution is -0.148. The van der Waals surface area contributed by atoms with Gasteiger partial charge in [-0.2, -0.15) is 0 Å². The zero-order valence-electron chi connectivity index (χ0n) is 13.7. The van der Waals surface area contributed by atoms with Crippen LogP contribution in [-0.4, -0.2) is 49.7 Å². The van der Waals surface area contributed by atoms with Gasteiger partial charge in [-0.15, -0.1) is 0 Å². The second-order valence-electron chi connectivity index (χ2n) is 5.73. The molecule has 0 heterocycles. The van der Waals surface area contributed by atoms with Crippen LogP contribution in [0.5, 0.6) is 0 Å². The van der Waals surface area contributed by atoms with Crippen molar-refractivity contribution in [3.05, 3.63) is 0 Å². The van der Waals surface area contributed by atoms with Crippen molar-refractivity contribution in [1.29, 1.82) is 0 Å². The van der Waals surface area contributed by atoms with Gasteiger partial charge in [-0.25, -0.2) is 0 Å². The highest BCUT2D eigenvalue weighted by Crippen LogP contribution is 2.19. The van der Waals surface area contributed by atoms with Crippen LogP contribution in [0.1, 0.15) is 47.5 Å². The standard InChI is InChI=1S/C15H32N2O2/c1-8-12(3)11-17(9-2)13(4)10-15(5,16-6)14(18)19-7/h12-13,16H,8-11H2,1-7H3. The molecular formula is C15H32N2O2. The van der Waals surface area contributed by atoms with E-state index in [0.717, 1.165) is 19.5 Å². The van der Waals surface area contributed by atoms with Crippen LogP contribution in [0.15, 0.2) is 0 Å². The molecule has 0 spiro atoms. The molecule has 0 amide bonds. The third kappa shape index (κ3) is 5.49. The Kier molecular flexibility index (Phi) is 8.26. The molecule has 0 aliphatic carbocycles. The number of likely N-dealkylation sites (N-methyl/N-ethyl adjacent to an activating group) is 1. The third-order valence-electron chi connectivity index (χ3n) is 4.16. The highest BCUT2D eigenvalue weighted by Gasteiger charge is 2.35. The van der Waals surface area contributed by atoms with Gasteiger partial charge in [-0.3, -0.25) is 4.79 Å². The number of carbonyl (C=O) groups is 1. The first kappa shape index (κ1) is 18.4. The fourth-order valence-corrected chi connectivity index (χ4v) is 2.38. The average molecular weight is 272 g/mol. The molecule has 0 fully saturated rings. The zero-order valence-corrected chi connectivity index (χ0v) is 13.7. The van der Waals surface area contributed by atoms with Gasteiger partial charge in [0.05, 0.1) is 7.11 Å². The van der Waals surface area contributed by atoms with Gasteiger partial charge < -0.3 is 15.0 Å². The number of hydrogen-bond acceptors (Lipinski definition) is 4. The topological polar surface area (TPSA) is 41.6 Å². The third-order valence-corrected chi connectivity index (χ3v) is 4.16. The van der Waals surface area contributed by atoms with Gasteiger partial charge >= 0.3 is 5.97 Å². The average Bonchev–Trinajstić information content (AvgIpc) is 2.42. The summed E-state index contributed by atoms with van der Waals surface area (Å²) in [7, 11) is 3.26. The number of methoxy groups -OCH3 is 1. The number of carbonyl (C=O) groups excluding carboxylic acids is 1. The monoisotopic (exact) mass is 272 g/mol. The molecule has 1 N–H and O–H groups in total. The van der Waals surface area contributed by atoms with E-state index in [1.54, 1.807) is 0 Å². The van der Waals surface area contributed by atoms with E-state index >= 15 is 0 Å². The van der Waals surface area contributed by atoms with Gasteiger partial charge in [-0.05, 0) is 39.8 Å². The Hall–Kier alpha value is -0.610. The van der Waals surface area contributed by atoms with Gasteiger partial charge in [0.25, 0.3) is 0 Å². The molecule has 0 aromatic carbocycles. The van der Waals surface area contributed by atoms with Crippen LogP contribution >= 0.6 is 0 Å². The predicted molar refractivity (Wildman–Crippen MR) is 80.3 cm³/mol. The normalized spacial score (nSPS) is 17.9. The number of ether oxygens (including phenoxy) is 1. The van der Waals surface area contributed by atoms with Crippen molar-refractivity contribution in [2.24, 2.45) is 5.92 Å². The summed E-state index contributed by atoms with van der Waals surface area (Å²) in [6.45, 7) is 12.8. The molecule has 0 saturated heterocycles. The van der Waals surface area contributed by atoms with Crippen LogP contribution in [0, 0.1) is 5.92 Å². The fourth-order valence-electron chi connectivity index (χ4n) is 2.38. The summed E-state index contributed by atoms with van der Waals surface area (Å²) in [6, 6.07) is 0.343. The lowest BCUT2D eigenvalue weighted by Gasteiger charge is -2.36. The highest BCUT2D eigenvalue weighted by atomic mass is 16.5. The van der Waals surface area contributed by atoms with Crippen LogP contribution < -0.4 is 5.32 Å². The van der Waals surface area contributed by atoms with Crippen molar-refractivity contribution < 1.29 is 9.53 Å². The van der Waals surface area contributed by atoms with E-state index in [0.29, 0.717) is 12.0 Å². The minimum atomic E-state index is -0.614. The molecule has 0 radical (unpaired) electrons. The summed E-state index contributed by atoms with van der Waals surface area (Å²) >= 11 is 0. The van der Waals surface area contributed by atoms with Crippen LogP contribution in [0.3, 0.4) is 0 Å². The Morgan fingerprint density at radius 2 is 1.95 bits per heavy atom. The second kappa shape index (κ2) is 8.54. The van der Waals surface area contributed by atoms with Crippen LogP contribution in [-0.2, 0) is 9.53 Å². The highest BCUT2D eigenvalue weighted by molar-refractivity contribution is 5.80. The van der Waals surface area contributed by atoms with Gasteiger partial charge in [-0.1, -0.05) is 27.2 Å². The van der Waals surface area contributed by atoms with Crippen molar-refractivity contribution in [1.82, 2.24) is 10.2 Å². The Morgan fingerprint density at radius 3 is 2.32 bits per heavy atom. The first-order valence-electron chi connectivity index (χ1n) is 7.35. The number of nitrogens with zero attached hydrogens (tertiary/aromatic N) is 1. The molecule has 3 atom stereocenters. The van der Waals surface area contributed by atoms with Crippen molar-refractivity contribution in [3.63, 3.8) is 0 Å². The fraction of sp³-hybridized carbons (Fsp3) is 0.933. The molecule has 4 nitrogen and oxygen atoms in total. The van der Waals surface area contributed by atoms with E-state index in [9.17, 15) is 4.79 Å². The number of rotatable bonds is 9. The molecule has 0 aliphatic rings. The van der Waals surface area contributed by atoms with E-state index in [1.807, 2.05) is 14.0 Å². The Balaban J connectivity index is 4.69. The summed E-state index contributed by atoms with van der Waals surface area (Å²) in [5.41, 5.74) is -0.614. The SMILES string of the molecule is CCC(C)CN(CC)C(C)CC(C)(NC)C(=O)OC. The first-order chi connectivity index (χ1) is 8.84. The first-order valence-corrected chi connectivity index (χ1v) is 7.35. The maximum absolute atomic E-state index is 11.9. The summed E-state index contributed by atoms with van der Waals surface area (Å²) in [6.07, 6.45) is 1.93. The molecule has 114 valence electrons.